The Morgan fingerprint density at radius 2 is 2.05 bits per heavy atom. The maximum atomic E-state index is 12.3. The lowest BCUT2D eigenvalue weighted by molar-refractivity contribution is -0.130. The van der Waals surface area contributed by atoms with E-state index in [1.54, 1.807) is 25.2 Å². The quantitative estimate of drug-likeness (QED) is 0.756. The Morgan fingerprint density at radius 1 is 1.27 bits per heavy atom. The van der Waals surface area contributed by atoms with Crippen LogP contribution in [-0.2, 0) is 9.53 Å². The van der Waals surface area contributed by atoms with E-state index in [0.717, 1.165) is 12.0 Å². The molecule has 1 fully saturated rings. The number of carbonyl (C=O) groups is 2. The first kappa shape index (κ1) is 16.5. The number of ether oxygens (including phenoxy) is 2. The molecule has 0 radical (unpaired) electrons. The predicted octanol–water partition coefficient (Wildman–Crippen LogP) is 2.21. The van der Waals surface area contributed by atoms with Gasteiger partial charge in [-0.2, -0.15) is 0 Å². The van der Waals surface area contributed by atoms with E-state index in [1.165, 1.54) is 0 Å². The molecule has 5 nitrogen and oxygen atoms in total. The van der Waals surface area contributed by atoms with E-state index >= 15 is 0 Å². The second-order valence-corrected chi connectivity index (χ2v) is 5.61. The Morgan fingerprint density at radius 3 is 2.68 bits per heavy atom. The zero-order chi connectivity index (χ0) is 16.1. The maximum absolute atomic E-state index is 12.3. The van der Waals surface area contributed by atoms with Gasteiger partial charge in [-0.25, -0.2) is 0 Å². The van der Waals surface area contributed by atoms with Crippen molar-refractivity contribution in [2.45, 2.75) is 32.3 Å². The molecule has 1 aromatic rings. The van der Waals surface area contributed by atoms with Gasteiger partial charge >= 0.3 is 0 Å². The molecule has 5 heteroatoms. The summed E-state index contributed by atoms with van der Waals surface area (Å²) in [5.41, 5.74) is 1.55. The second-order valence-electron chi connectivity index (χ2n) is 5.61. The van der Waals surface area contributed by atoms with E-state index in [2.05, 4.69) is 0 Å². The first-order chi connectivity index (χ1) is 10.5. The molecular formula is C17H23NO4. The first-order valence-corrected chi connectivity index (χ1v) is 7.53. The number of ketones is 1. The van der Waals surface area contributed by atoms with E-state index in [0.29, 0.717) is 24.4 Å². The molecule has 0 bridgehead atoms. The van der Waals surface area contributed by atoms with Gasteiger partial charge in [-0.3, -0.25) is 9.59 Å². The van der Waals surface area contributed by atoms with Gasteiger partial charge in [0.05, 0.1) is 18.8 Å². The van der Waals surface area contributed by atoms with Crippen LogP contribution in [0.1, 0.15) is 35.2 Å². The number of benzene rings is 1. The highest BCUT2D eigenvalue weighted by molar-refractivity contribution is 6.00. The Balaban J connectivity index is 1.93. The molecule has 2 rings (SSSR count). The highest BCUT2D eigenvalue weighted by atomic mass is 16.5. The highest BCUT2D eigenvalue weighted by Crippen LogP contribution is 2.22. The third-order valence-electron chi connectivity index (χ3n) is 4.05. The summed E-state index contributed by atoms with van der Waals surface area (Å²) < 4.78 is 10.5. The fraction of sp³-hybridized carbons (Fsp3) is 0.529. The summed E-state index contributed by atoms with van der Waals surface area (Å²) in [6.07, 6.45) is 1.41. The van der Waals surface area contributed by atoms with Gasteiger partial charge in [0.25, 0.3) is 0 Å². The number of carbonyl (C=O) groups excluding carboxylic acids is 2. The van der Waals surface area contributed by atoms with Crippen LogP contribution >= 0.6 is 0 Å². The summed E-state index contributed by atoms with van der Waals surface area (Å²) in [7, 11) is 3.20. The molecule has 1 atom stereocenters. The van der Waals surface area contributed by atoms with Gasteiger partial charge < -0.3 is 14.4 Å². The number of amides is 1. The third-order valence-corrected chi connectivity index (χ3v) is 4.05. The number of nitrogens with zero attached hydrogens (tertiary/aromatic N) is 1. The van der Waals surface area contributed by atoms with Crippen LogP contribution in [0.3, 0.4) is 0 Å². The molecule has 0 aromatic heterocycles. The van der Waals surface area contributed by atoms with Crippen molar-refractivity contribution in [2.75, 3.05) is 27.3 Å². The van der Waals surface area contributed by atoms with Crippen LogP contribution in [-0.4, -0.2) is 50.0 Å². The SMILES string of the molecule is COc1ccc(C)cc1C(=O)CCC(=O)N1CCC(OC)C1. The van der Waals surface area contributed by atoms with Crippen LogP contribution in [0, 0.1) is 6.92 Å². The summed E-state index contributed by atoms with van der Waals surface area (Å²) in [6, 6.07) is 5.49. The first-order valence-electron chi connectivity index (χ1n) is 7.53. The predicted molar refractivity (Wildman–Crippen MR) is 83.3 cm³/mol. The molecular weight excluding hydrogens is 282 g/mol. The largest absolute Gasteiger partial charge is 0.496 e. The van der Waals surface area contributed by atoms with Gasteiger partial charge in [0, 0.05) is 33.0 Å². The summed E-state index contributed by atoms with van der Waals surface area (Å²) in [5, 5.41) is 0. The zero-order valence-electron chi connectivity index (χ0n) is 13.4. The van der Waals surface area contributed by atoms with E-state index in [4.69, 9.17) is 9.47 Å². The molecule has 0 aliphatic carbocycles. The molecule has 22 heavy (non-hydrogen) atoms. The van der Waals surface area contributed by atoms with Crippen molar-refractivity contribution < 1.29 is 19.1 Å². The number of methoxy groups -OCH3 is 2. The van der Waals surface area contributed by atoms with Gasteiger partial charge in [-0.15, -0.1) is 0 Å². The van der Waals surface area contributed by atoms with Crippen LogP contribution in [0.15, 0.2) is 18.2 Å². The summed E-state index contributed by atoms with van der Waals surface area (Å²) in [5.74, 6) is 0.513. The lowest BCUT2D eigenvalue weighted by Crippen LogP contribution is -2.30. The number of aryl methyl sites for hydroxylation is 1. The molecule has 1 aliphatic heterocycles. The number of likely N-dealkylation sites (tertiary alicyclic amines) is 1. The van der Waals surface area contributed by atoms with Crippen molar-refractivity contribution in [3.63, 3.8) is 0 Å². The summed E-state index contributed by atoms with van der Waals surface area (Å²) in [4.78, 5) is 26.3. The average Bonchev–Trinajstić information content (AvgIpc) is 3.01. The minimum Gasteiger partial charge on any atom is -0.496 e. The minimum atomic E-state index is -0.0589. The van der Waals surface area contributed by atoms with Gasteiger partial charge in [0.2, 0.25) is 5.91 Å². The zero-order valence-corrected chi connectivity index (χ0v) is 13.4. The molecule has 0 spiro atoms. The molecule has 1 amide bonds. The molecule has 0 saturated carbocycles. The lowest BCUT2D eigenvalue weighted by atomic mass is 10.0. The van der Waals surface area contributed by atoms with Crippen molar-refractivity contribution in [1.82, 2.24) is 4.90 Å². The molecule has 1 heterocycles. The summed E-state index contributed by atoms with van der Waals surface area (Å²) >= 11 is 0. The van der Waals surface area contributed by atoms with Gasteiger partial charge in [-0.05, 0) is 25.5 Å². The number of hydrogen-bond acceptors (Lipinski definition) is 4. The molecule has 1 saturated heterocycles. The lowest BCUT2D eigenvalue weighted by Gasteiger charge is -2.16. The van der Waals surface area contributed by atoms with Gasteiger partial charge in [-0.1, -0.05) is 11.6 Å². The topological polar surface area (TPSA) is 55.8 Å². The number of rotatable bonds is 6. The maximum Gasteiger partial charge on any atom is 0.223 e. The minimum absolute atomic E-state index is 0.0134. The average molecular weight is 305 g/mol. The highest BCUT2D eigenvalue weighted by Gasteiger charge is 2.26. The molecule has 1 aromatic carbocycles. The van der Waals surface area contributed by atoms with Crippen molar-refractivity contribution in [1.29, 1.82) is 0 Å². The van der Waals surface area contributed by atoms with Crippen LogP contribution in [0.25, 0.3) is 0 Å². The smallest absolute Gasteiger partial charge is 0.223 e. The molecule has 120 valence electrons. The van der Waals surface area contributed by atoms with E-state index in [9.17, 15) is 9.59 Å². The Labute approximate surface area is 131 Å². The van der Waals surface area contributed by atoms with Crippen molar-refractivity contribution in [2.24, 2.45) is 0 Å². The third kappa shape index (κ3) is 3.85. The van der Waals surface area contributed by atoms with Gasteiger partial charge in [0.1, 0.15) is 5.75 Å². The van der Waals surface area contributed by atoms with Crippen LogP contribution in [0.4, 0.5) is 0 Å². The fourth-order valence-electron chi connectivity index (χ4n) is 2.70. The fourth-order valence-corrected chi connectivity index (χ4v) is 2.70. The molecule has 0 N–H and O–H groups in total. The second kappa shape index (κ2) is 7.40. The number of Topliss-reactive ketones (excluding diaryl/α,β-unsaturated/α-hetero) is 1. The van der Waals surface area contributed by atoms with Crippen LogP contribution in [0.5, 0.6) is 5.75 Å². The Kier molecular flexibility index (Phi) is 5.55. The molecule has 1 unspecified atom stereocenters. The normalized spacial score (nSPS) is 17.6. The monoisotopic (exact) mass is 305 g/mol. The van der Waals surface area contributed by atoms with E-state index in [-0.39, 0.29) is 30.6 Å². The van der Waals surface area contributed by atoms with Crippen LogP contribution in [0.2, 0.25) is 0 Å². The van der Waals surface area contributed by atoms with Gasteiger partial charge in [0.15, 0.2) is 5.78 Å². The Bertz CT molecular complexity index is 556. The van der Waals surface area contributed by atoms with Crippen molar-refractivity contribution in [3.8, 4) is 5.75 Å². The van der Waals surface area contributed by atoms with E-state index in [1.807, 2.05) is 19.1 Å². The standard InChI is InChI=1S/C17H23NO4/c1-12-4-6-16(22-3)14(10-12)15(19)5-7-17(20)18-9-8-13(11-18)21-2/h4,6,10,13H,5,7-9,11H2,1-3H3. The van der Waals surface area contributed by atoms with E-state index < -0.39 is 0 Å². The number of hydrogen-bond donors (Lipinski definition) is 0. The Hall–Kier alpha value is -1.88. The summed E-state index contributed by atoms with van der Waals surface area (Å²) in [6.45, 7) is 3.26. The molecule has 1 aliphatic rings. The van der Waals surface area contributed by atoms with Crippen molar-refractivity contribution >= 4 is 11.7 Å². The van der Waals surface area contributed by atoms with Crippen LogP contribution < -0.4 is 4.74 Å². The van der Waals surface area contributed by atoms with Crippen molar-refractivity contribution in [3.05, 3.63) is 29.3 Å².